The minimum absolute atomic E-state index is 0.106. The zero-order valence-corrected chi connectivity index (χ0v) is 88.0. The number of aromatic nitrogens is 7. The molecule has 3 saturated heterocycles. The molecule has 4 aliphatic rings. The zero-order valence-electron chi connectivity index (χ0n) is 84.1. The summed E-state index contributed by atoms with van der Waals surface area (Å²) in [6.07, 6.45) is 0. The van der Waals surface area contributed by atoms with Gasteiger partial charge in [-0.05, 0) is 193 Å². The van der Waals surface area contributed by atoms with Crippen LogP contribution in [-0.4, -0.2) is 95.9 Å². The molecule has 0 aliphatic carbocycles. The van der Waals surface area contributed by atoms with Crippen LogP contribution >= 0.6 is 57.2 Å². The van der Waals surface area contributed by atoms with Gasteiger partial charge in [0.25, 0.3) is 0 Å². The number of fused-ring (bicyclic) bond motifs is 15. The molecule has 0 radical (unpaired) electrons. The van der Waals surface area contributed by atoms with Crippen molar-refractivity contribution in [3.63, 3.8) is 0 Å². The second-order valence-corrected chi connectivity index (χ2v) is 44.7. The molecule has 10 heterocycles. The summed E-state index contributed by atoms with van der Waals surface area (Å²) >= 11 is 18.0. The van der Waals surface area contributed by atoms with E-state index >= 15 is 0 Å². The second kappa shape index (κ2) is 39.5. The Bertz CT molecular complexity index is 8870. The van der Waals surface area contributed by atoms with Crippen LogP contribution in [0.15, 0.2) is 406 Å². The van der Waals surface area contributed by atoms with E-state index in [9.17, 15) is 0 Å². The van der Waals surface area contributed by atoms with Crippen LogP contribution in [0.25, 0.3) is 189 Å². The van der Waals surface area contributed by atoms with Crippen molar-refractivity contribution in [2.24, 2.45) is 0 Å². The first-order valence-electron chi connectivity index (χ1n) is 50.0. The summed E-state index contributed by atoms with van der Waals surface area (Å²) in [6, 6.07) is 142. The molecule has 0 amide bonds. The lowest BCUT2D eigenvalue weighted by atomic mass is 9.38. The summed E-state index contributed by atoms with van der Waals surface area (Å²) < 4.78 is 46.3. The highest BCUT2D eigenvalue weighted by atomic mass is 35.5. The Morgan fingerprint density at radius 1 is 0.250 bits per heavy atom. The molecule has 0 spiro atoms. The molecule has 0 N–H and O–H groups in total. The number of hydrogen-bond acceptors (Lipinski definition) is 15. The zero-order chi connectivity index (χ0) is 102. The van der Waals surface area contributed by atoms with E-state index in [1.807, 2.05) is 150 Å². The van der Waals surface area contributed by atoms with E-state index in [-0.39, 0.29) is 52.7 Å². The number of rotatable bonds is 12. The monoisotopic (exact) mass is 2020 g/mol. The highest BCUT2D eigenvalue weighted by molar-refractivity contribution is 7.27. The predicted molar refractivity (Wildman–Crippen MR) is 623 cm³/mol. The van der Waals surface area contributed by atoms with Crippen molar-refractivity contribution in [2.75, 3.05) is 0 Å². The fourth-order valence-electron chi connectivity index (χ4n) is 20.2. The number of nitrogens with zero attached hydrogens (tertiary/aromatic N) is 7. The number of benzene rings is 17. The van der Waals surface area contributed by atoms with Gasteiger partial charge in [0.15, 0.2) is 29.1 Å². The van der Waals surface area contributed by atoms with Gasteiger partial charge in [-0.3, -0.25) is 0 Å². The van der Waals surface area contributed by atoms with Gasteiger partial charge in [0.05, 0.1) is 44.6 Å². The van der Waals surface area contributed by atoms with Gasteiger partial charge >= 0.3 is 21.1 Å². The summed E-state index contributed by atoms with van der Waals surface area (Å²) in [7, 11) is -1.28. The maximum absolute atomic E-state index is 6.38. The topological polar surface area (TPSA) is 138 Å². The number of hydrogen-bond donors (Lipinski definition) is 0. The van der Waals surface area contributed by atoms with Crippen LogP contribution < -0.4 is 21.9 Å². The summed E-state index contributed by atoms with van der Waals surface area (Å²) in [5.74, 6) is 3.10. The maximum Gasteiger partial charge on any atom is 0.494 e. The van der Waals surface area contributed by atoms with Crippen LogP contribution in [0, 0.1) is 0 Å². The molecule has 22 heteroatoms. The third-order valence-corrected chi connectivity index (χ3v) is 33.9. The molecule has 4 aliphatic heterocycles. The quantitative estimate of drug-likeness (QED) is 0.108. The van der Waals surface area contributed by atoms with Crippen molar-refractivity contribution in [3.05, 3.63) is 417 Å². The Morgan fingerprint density at radius 3 is 1.11 bits per heavy atom. The molecule has 6 aromatic heterocycles. The second-order valence-electron chi connectivity index (χ2n) is 40.8. The Labute approximate surface area is 885 Å². The minimum Gasteiger partial charge on any atom is -0.405 e. The van der Waals surface area contributed by atoms with Gasteiger partial charge in [0.2, 0.25) is 12.0 Å². The summed E-state index contributed by atoms with van der Waals surface area (Å²) in [6.45, 7) is 24.7. The predicted octanol–water partition coefficient (Wildman–Crippen LogP) is 31.0. The third kappa shape index (κ3) is 18.4. The fourth-order valence-corrected chi connectivity index (χ4v) is 24.4. The molecule has 13 nitrogen and oxygen atoms in total. The molecular formula is C126H103B4Cl2N7O6S3. The third-order valence-electron chi connectivity index (χ3n) is 29.9. The van der Waals surface area contributed by atoms with E-state index in [0.717, 1.165) is 60.4 Å². The molecule has 0 bridgehead atoms. The van der Waals surface area contributed by atoms with E-state index in [2.05, 4.69) is 388 Å². The summed E-state index contributed by atoms with van der Waals surface area (Å²) in [5.41, 5.74) is 20.8. The first-order valence-corrected chi connectivity index (χ1v) is 53.3. The van der Waals surface area contributed by atoms with E-state index in [1.54, 1.807) is 0 Å². The summed E-state index contributed by atoms with van der Waals surface area (Å²) in [4.78, 5) is 29.3. The van der Waals surface area contributed by atoms with Crippen LogP contribution in [0.2, 0.25) is 10.3 Å². The van der Waals surface area contributed by atoms with Crippen LogP contribution in [0.1, 0.15) is 83.1 Å². The van der Waals surface area contributed by atoms with Crippen molar-refractivity contribution in [1.29, 1.82) is 0 Å². The first kappa shape index (κ1) is 97.2. The molecule has 0 saturated carbocycles. The normalized spacial score (nSPS) is 15.3. The average Bonchev–Trinajstić information content (AvgIpc) is 1.58. The highest BCUT2D eigenvalue weighted by Crippen LogP contribution is 2.49. The Balaban J connectivity index is 0.000000107. The van der Waals surface area contributed by atoms with Crippen molar-refractivity contribution >= 4 is 189 Å². The lowest BCUT2D eigenvalue weighted by Gasteiger charge is -2.32. The lowest BCUT2D eigenvalue weighted by Crippen LogP contribution is -2.49. The Morgan fingerprint density at radius 2 is 0.601 bits per heavy atom. The highest BCUT2D eigenvalue weighted by Gasteiger charge is 2.64. The van der Waals surface area contributed by atoms with Gasteiger partial charge < -0.3 is 32.5 Å². The molecule has 3 fully saturated rings. The van der Waals surface area contributed by atoms with Gasteiger partial charge in [-0.1, -0.05) is 386 Å². The van der Waals surface area contributed by atoms with Gasteiger partial charge in [-0.2, -0.15) is 9.97 Å². The number of halogens is 2. The van der Waals surface area contributed by atoms with Crippen LogP contribution in [0.5, 0.6) is 0 Å². The smallest absolute Gasteiger partial charge is 0.405 e. The molecule has 722 valence electrons. The molecule has 0 atom stereocenters. The van der Waals surface area contributed by atoms with Crippen molar-refractivity contribution < 1.29 is 27.9 Å². The van der Waals surface area contributed by atoms with Crippen LogP contribution in [0.3, 0.4) is 0 Å². The number of thiophene rings is 3. The van der Waals surface area contributed by atoms with Crippen molar-refractivity contribution in [2.45, 2.75) is 117 Å². The van der Waals surface area contributed by atoms with E-state index in [4.69, 9.17) is 71.1 Å². The van der Waals surface area contributed by atoms with Gasteiger partial charge in [-0.25, -0.2) is 19.9 Å². The largest absolute Gasteiger partial charge is 0.494 e. The number of para-hydroxylation sites is 3. The molecule has 23 aromatic rings. The summed E-state index contributed by atoms with van der Waals surface area (Å²) in [5, 5.41) is 11.0. The van der Waals surface area contributed by atoms with Crippen LogP contribution in [0.4, 0.5) is 0 Å². The SMILES string of the molecule is CC1(C)OB(B2OC(C)(C)C(C)(C)O2)OC1(C)C.CC1(C)OB(c2ccc3c(c2)sc2c(-c4ccccc4)cccc23)OC1(C)C.Clc1ccc2c(c1)sc1c(-c3ccccc3)cccc12.Clc1nc(-c2ccccc2)nc(-c2cccc3c2B(c2ccccc2)c2ccccc2-3)n1.c1ccc(-c2nc(-c3ccc4c(c3)sc3c(-c5ccccc5)cccc34)nc(-c3cccc4c5ccccc5n(-c5ccccc5)c34)n2)cc1. The van der Waals surface area contributed by atoms with Gasteiger partial charge in [-0.15, -0.1) is 34.0 Å². The lowest BCUT2D eigenvalue weighted by molar-refractivity contribution is 0.00578. The molecular weight excluding hydrogens is 1920 g/mol. The van der Waals surface area contributed by atoms with E-state index in [1.165, 1.54) is 127 Å². The molecule has 0 unspecified atom stereocenters. The Kier molecular flexibility index (Phi) is 25.9. The minimum atomic E-state index is -0.476. The van der Waals surface area contributed by atoms with Crippen molar-refractivity contribution in [3.8, 4) is 107 Å². The molecule has 17 aromatic carbocycles. The first-order chi connectivity index (χ1) is 71.7. The molecule has 27 rings (SSSR count). The van der Waals surface area contributed by atoms with Gasteiger partial charge in [0, 0.05) is 110 Å². The van der Waals surface area contributed by atoms with Gasteiger partial charge in [0.1, 0.15) is 0 Å². The Hall–Kier alpha value is -14.2. The van der Waals surface area contributed by atoms with Crippen LogP contribution in [-0.2, 0) is 27.9 Å². The van der Waals surface area contributed by atoms with Crippen molar-refractivity contribution in [1.82, 2.24) is 34.5 Å². The van der Waals surface area contributed by atoms with E-state index in [0.29, 0.717) is 29.1 Å². The fraction of sp³-hybridized carbons (Fsp3) is 0.143. The molecule has 148 heavy (non-hydrogen) atoms. The maximum atomic E-state index is 6.38. The average molecular weight is 2020 g/mol. The van der Waals surface area contributed by atoms with E-state index < -0.39 is 14.0 Å². The standard InChI is InChI=1S/C45H28N4S.C27H17BClN3.C24H23BO2S.C18H11ClS.C12H24B2O4/c1-4-14-29(15-5-1)33-21-12-23-37-35-27-26-31(28-40(35)50-42(33)37)44-46-43(30-16-6-2-7-17-30)47-45(48-44)38-24-13-22-36-34-20-10-11-25-39(34)49(41(36)38)32-18-8-3-9-19-32;29-27-31-25(18-10-3-1-4-11-18)30-26(32-27)22-16-9-15-21-20-14-7-8-17-23(20)28(24(21)22)19-12-5-2-6-13-19;1-23(2)24(3,4)27-25(26-23)17-13-14-19-20-12-8-11-18(16-9-6-5-7-10-16)22(20)28-21(19)15-17;19-13-9-10-15-16-8-4-7-14(12-5-2-1-3-6-12)18(16)20-17(15)11-13;1-9(2)10(3,4)16-13(15-9)14-17-11(5,6)12(7,8)18-14/h1-28H;1-17H;5-15H,1-4H3;1-11H;1-8H3.